The summed E-state index contributed by atoms with van der Waals surface area (Å²) in [5, 5.41) is 3.40. The Hall–Kier alpha value is -2.78. The highest BCUT2D eigenvalue weighted by atomic mass is 35.5. The van der Waals surface area contributed by atoms with Gasteiger partial charge in [-0.1, -0.05) is 23.2 Å². The van der Waals surface area contributed by atoms with E-state index in [2.05, 4.69) is 0 Å². The highest BCUT2D eigenvalue weighted by Crippen LogP contribution is 2.34. The number of nitrogens with zero attached hydrogens (tertiary/aromatic N) is 3. The Balaban J connectivity index is 1.43. The lowest BCUT2D eigenvalue weighted by molar-refractivity contribution is -0.121. The van der Waals surface area contributed by atoms with Crippen LogP contribution in [-0.2, 0) is 14.3 Å². The second kappa shape index (κ2) is 10.1. The van der Waals surface area contributed by atoms with Gasteiger partial charge in [-0.2, -0.15) is 0 Å². The fourth-order valence-corrected chi connectivity index (χ4v) is 5.56. The third-order valence-electron chi connectivity index (χ3n) is 6.01. The van der Waals surface area contributed by atoms with Crippen LogP contribution in [0.4, 0.5) is 10.8 Å². The molecule has 35 heavy (non-hydrogen) atoms. The first-order valence-electron chi connectivity index (χ1n) is 11.2. The van der Waals surface area contributed by atoms with Gasteiger partial charge in [-0.05, 0) is 55.3 Å². The number of hydrogen-bond donors (Lipinski definition) is 0. The molecular formula is C25H21Cl2N3O4S. The van der Waals surface area contributed by atoms with Crippen LogP contribution in [0.3, 0.4) is 0 Å². The van der Waals surface area contributed by atoms with Crippen molar-refractivity contribution < 1.29 is 19.1 Å². The summed E-state index contributed by atoms with van der Waals surface area (Å²) in [6, 6.07) is 11.7. The van der Waals surface area contributed by atoms with E-state index >= 15 is 0 Å². The van der Waals surface area contributed by atoms with Gasteiger partial charge in [-0.3, -0.25) is 24.2 Å². The van der Waals surface area contributed by atoms with E-state index in [9.17, 15) is 14.4 Å². The number of rotatable bonds is 6. The summed E-state index contributed by atoms with van der Waals surface area (Å²) in [7, 11) is 0. The van der Waals surface area contributed by atoms with Crippen LogP contribution in [0.5, 0.6) is 0 Å². The molecule has 7 nitrogen and oxygen atoms in total. The van der Waals surface area contributed by atoms with Crippen molar-refractivity contribution in [1.82, 2.24) is 4.98 Å². The molecule has 0 saturated carbocycles. The van der Waals surface area contributed by atoms with E-state index in [1.807, 2.05) is 5.38 Å². The van der Waals surface area contributed by atoms with Crippen molar-refractivity contribution in [3.8, 4) is 11.3 Å². The highest BCUT2D eigenvalue weighted by molar-refractivity contribution is 7.14. The topological polar surface area (TPSA) is 79.8 Å². The van der Waals surface area contributed by atoms with Gasteiger partial charge in [0.15, 0.2) is 5.13 Å². The maximum Gasteiger partial charge on any atom is 0.260 e. The van der Waals surface area contributed by atoms with Crippen LogP contribution in [0.1, 0.15) is 36.0 Å². The fraction of sp³-hybridized carbons (Fsp3) is 0.280. The molecule has 180 valence electrons. The molecule has 3 amide bonds. The van der Waals surface area contributed by atoms with E-state index in [1.165, 1.54) is 16.2 Å². The third-order valence-corrected chi connectivity index (χ3v) is 7.42. The quantitative estimate of drug-likeness (QED) is 0.388. The molecule has 3 aromatic rings. The highest BCUT2D eigenvalue weighted by Gasteiger charge is 2.31. The third kappa shape index (κ3) is 4.97. The van der Waals surface area contributed by atoms with Crippen molar-refractivity contribution in [3.63, 3.8) is 0 Å². The first-order valence-corrected chi connectivity index (χ1v) is 12.8. The Bertz CT molecular complexity index is 1270. The Labute approximate surface area is 216 Å². The van der Waals surface area contributed by atoms with Crippen molar-refractivity contribution in [2.45, 2.75) is 31.8 Å². The van der Waals surface area contributed by atoms with Gasteiger partial charge in [-0.25, -0.2) is 4.98 Å². The number of aromatic nitrogens is 1. The van der Waals surface area contributed by atoms with E-state index in [1.54, 1.807) is 47.4 Å². The molecule has 2 aliphatic rings. The predicted molar refractivity (Wildman–Crippen MR) is 136 cm³/mol. The lowest BCUT2D eigenvalue weighted by Gasteiger charge is -2.23. The molecule has 0 radical (unpaired) electrons. The lowest BCUT2D eigenvalue weighted by Crippen LogP contribution is -2.37. The molecule has 3 heterocycles. The van der Waals surface area contributed by atoms with Gasteiger partial charge in [0, 0.05) is 41.0 Å². The smallest absolute Gasteiger partial charge is 0.260 e. The molecule has 0 bridgehead atoms. The first-order chi connectivity index (χ1) is 16.9. The van der Waals surface area contributed by atoms with Crippen LogP contribution >= 0.6 is 34.5 Å². The van der Waals surface area contributed by atoms with E-state index in [0.29, 0.717) is 45.3 Å². The van der Waals surface area contributed by atoms with Crippen LogP contribution in [0.2, 0.25) is 10.0 Å². The van der Waals surface area contributed by atoms with Crippen molar-refractivity contribution in [2.75, 3.05) is 23.0 Å². The number of halogens is 2. The van der Waals surface area contributed by atoms with E-state index in [-0.39, 0.29) is 36.7 Å². The summed E-state index contributed by atoms with van der Waals surface area (Å²) < 4.78 is 5.79. The van der Waals surface area contributed by atoms with Crippen LogP contribution in [0.15, 0.2) is 47.8 Å². The summed E-state index contributed by atoms with van der Waals surface area (Å²) in [4.78, 5) is 45.2. The monoisotopic (exact) mass is 529 g/mol. The number of anilines is 2. The minimum absolute atomic E-state index is 0.0791. The number of thiazole rings is 1. The summed E-state index contributed by atoms with van der Waals surface area (Å²) in [5.41, 5.74) is 2.27. The van der Waals surface area contributed by atoms with Crippen LogP contribution < -0.4 is 9.80 Å². The number of amides is 3. The predicted octanol–water partition coefficient (Wildman–Crippen LogP) is 5.60. The molecular weight excluding hydrogens is 509 g/mol. The molecule has 0 spiro atoms. The Morgan fingerprint density at radius 1 is 1.11 bits per heavy atom. The zero-order valence-electron chi connectivity index (χ0n) is 18.6. The Kier molecular flexibility index (Phi) is 6.88. The van der Waals surface area contributed by atoms with Gasteiger partial charge in [0.2, 0.25) is 11.8 Å². The molecule has 2 fully saturated rings. The van der Waals surface area contributed by atoms with E-state index < -0.39 is 0 Å². The van der Waals surface area contributed by atoms with Crippen molar-refractivity contribution in [2.24, 2.45) is 0 Å². The number of benzene rings is 2. The van der Waals surface area contributed by atoms with Crippen molar-refractivity contribution in [3.05, 3.63) is 63.5 Å². The normalized spacial score (nSPS) is 17.9. The molecule has 0 unspecified atom stereocenters. The number of carbonyl (C=O) groups excluding carboxylic acids is 3. The fourth-order valence-electron chi connectivity index (χ4n) is 4.22. The average molecular weight is 530 g/mol. The van der Waals surface area contributed by atoms with Gasteiger partial charge in [0.1, 0.15) is 0 Å². The van der Waals surface area contributed by atoms with Gasteiger partial charge < -0.3 is 4.74 Å². The van der Waals surface area contributed by atoms with Crippen LogP contribution in [-0.4, -0.2) is 42.0 Å². The second-order valence-corrected chi connectivity index (χ2v) is 10.0. The maximum atomic E-state index is 13.6. The van der Waals surface area contributed by atoms with Gasteiger partial charge in [0.05, 0.1) is 29.1 Å². The molecule has 0 aliphatic carbocycles. The zero-order chi connectivity index (χ0) is 24.5. The summed E-state index contributed by atoms with van der Waals surface area (Å²) >= 11 is 13.7. The molecule has 2 aromatic carbocycles. The molecule has 2 aliphatic heterocycles. The summed E-state index contributed by atoms with van der Waals surface area (Å²) in [6.45, 7) is 1.04. The molecule has 5 rings (SSSR count). The minimum Gasteiger partial charge on any atom is -0.376 e. The minimum atomic E-state index is -0.241. The number of ether oxygens (including phenoxy) is 1. The second-order valence-electron chi connectivity index (χ2n) is 8.36. The Morgan fingerprint density at radius 2 is 1.86 bits per heavy atom. The molecule has 1 atom stereocenters. The standard InChI is InChI=1S/C25H21Cl2N3O4S/c26-16-5-8-19(20(27)12-16)21-14-35-25(28-21)29(13-18-2-1-11-34-18)24(33)15-3-6-17(7-4-15)30-22(31)9-10-23(30)32/h3-8,12,14,18H,1-2,9-11,13H2/t18-/m1/s1. The number of carbonyl (C=O) groups is 3. The summed E-state index contributed by atoms with van der Waals surface area (Å²) in [5.74, 6) is -0.704. The van der Waals surface area contributed by atoms with E-state index in [4.69, 9.17) is 32.9 Å². The van der Waals surface area contributed by atoms with Gasteiger partial charge in [0.25, 0.3) is 5.91 Å². The molecule has 1 aromatic heterocycles. The zero-order valence-corrected chi connectivity index (χ0v) is 20.9. The maximum absolute atomic E-state index is 13.6. The van der Waals surface area contributed by atoms with Crippen LogP contribution in [0.25, 0.3) is 11.3 Å². The van der Waals surface area contributed by atoms with Gasteiger partial charge in [-0.15, -0.1) is 11.3 Å². The van der Waals surface area contributed by atoms with Crippen LogP contribution in [0, 0.1) is 0 Å². The van der Waals surface area contributed by atoms with Crippen molar-refractivity contribution in [1.29, 1.82) is 0 Å². The average Bonchev–Trinajstić information content (AvgIpc) is 3.60. The molecule has 2 saturated heterocycles. The van der Waals surface area contributed by atoms with Gasteiger partial charge >= 0.3 is 0 Å². The Morgan fingerprint density at radius 3 is 2.51 bits per heavy atom. The summed E-state index contributed by atoms with van der Waals surface area (Å²) in [6.07, 6.45) is 2.15. The number of hydrogen-bond acceptors (Lipinski definition) is 6. The number of imide groups is 1. The lowest BCUT2D eigenvalue weighted by atomic mass is 10.1. The SMILES string of the molecule is O=C(c1ccc(N2C(=O)CCC2=O)cc1)N(C[C@H]1CCCO1)c1nc(-c2ccc(Cl)cc2Cl)cs1. The van der Waals surface area contributed by atoms with E-state index in [0.717, 1.165) is 18.4 Å². The van der Waals surface area contributed by atoms with Crippen molar-refractivity contribution >= 4 is 63.1 Å². The molecule has 0 N–H and O–H groups in total. The first kappa shape index (κ1) is 23.9. The molecule has 10 heteroatoms. The largest absolute Gasteiger partial charge is 0.376 e.